The van der Waals surface area contributed by atoms with E-state index in [1.807, 2.05) is 25.1 Å². The highest BCUT2D eigenvalue weighted by atomic mass is 35.5. The third kappa shape index (κ3) is 6.64. The van der Waals surface area contributed by atoms with Crippen LogP contribution in [0.4, 0.5) is 0 Å². The number of hydrogen-bond acceptors (Lipinski definition) is 6. The monoisotopic (exact) mass is 512 g/mol. The number of rotatable bonds is 9. The van der Waals surface area contributed by atoms with E-state index in [4.69, 9.17) is 11.6 Å². The van der Waals surface area contributed by atoms with Crippen LogP contribution in [0.5, 0.6) is 5.75 Å². The molecule has 1 fully saturated rings. The van der Waals surface area contributed by atoms with E-state index in [-0.39, 0.29) is 23.3 Å². The van der Waals surface area contributed by atoms with Crippen molar-refractivity contribution in [2.24, 2.45) is 0 Å². The highest BCUT2D eigenvalue weighted by Crippen LogP contribution is 2.28. The van der Waals surface area contributed by atoms with Gasteiger partial charge in [0.05, 0.1) is 11.6 Å². The number of halogens is 1. The Kier molecular flexibility index (Phi) is 8.64. The molecule has 1 amide bonds. The van der Waals surface area contributed by atoms with E-state index in [1.165, 1.54) is 12.1 Å². The molecule has 8 nitrogen and oxygen atoms in total. The Balaban J connectivity index is 1.19. The van der Waals surface area contributed by atoms with Crippen LogP contribution >= 0.6 is 11.6 Å². The molecule has 0 spiro atoms. The number of piperidine rings is 1. The fraction of sp³-hybridized carbons (Fsp3) is 0.407. The van der Waals surface area contributed by atoms with Gasteiger partial charge in [-0.3, -0.25) is 9.59 Å². The lowest BCUT2D eigenvalue weighted by atomic mass is 10.0. The first kappa shape index (κ1) is 26.2. The number of nitrogens with zero attached hydrogens (tertiary/aromatic N) is 1. The second-order valence-electron chi connectivity index (χ2n) is 9.42. The number of pyridine rings is 1. The molecule has 1 saturated heterocycles. The van der Waals surface area contributed by atoms with Crippen LogP contribution in [0.1, 0.15) is 42.1 Å². The molecule has 0 saturated carbocycles. The van der Waals surface area contributed by atoms with E-state index in [0.717, 1.165) is 37.1 Å². The Bertz CT molecular complexity index is 1270. The van der Waals surface area contributed by atoms with Gasteiger partial charge >= 0.3 is 0 Å². The Morgan fingerprint density at radius 3 is 2.75 bits per heavy atom. The zero-order valence-electron chi connectivity index (χ0n) is 20.4. The van der Waals surface area contributed by atoms with Gasteiger partial charge in [-0.1, -0.05) is 23.7 Å². The quantitative estimate of drug-likeness (QED) is 0.301. The number of amides is 1. The van der Waals surface area contributed by atoms with Crippen molar-refractivity contribution in [1.29, 1.82) is 0 Å². The average Bonchev–Trinajstić information content (AvgIpc) is 2.87. The molecule has 0 radical (unpaired) electrons. The number of phenols is 1. The molecular formula is C27H33ClN4O4. The number of aryl methyl sites for hydroxylation is 1. The Hall–Kier alpha value is -2.91. The summed E-state index contributed by atoms with van der Waals surface area (Å²) in [6.07, 6.45) is 1.54. The number of carbonyl (C=O) groups excluding carboxylic acids is 1. The number of H-pyrrole nitrogens is 1. The summed E-state index contributed by atoms with van der Waals surface area (Å²) in [5.41, 5.74) is 2.82. The smallest absolute Gasteiger partial charge is 0.248 e. The van der Waals surface area contributed by atoms with Gasteiger partial charge in [-0.15, -0.1) is 0 Å². The molecule has 1 atom stereocenters. The van der Waals surface area contributed by atoms with Crippen molar-refractivity contribution in [3.05, 3.63) is 74.5 Å². The van der Waals surface area contributed by atoms with Gasteiger partial charge in [0, 0.05) is 48.6 Å². The van der Waals surface area contributed by atoms with E-state index >= 15 is 0 Å². The highest BCUT2D eigenvalue weighted by Gasteiger charge is 2.21. The van der Waals surface area contributed by atoms with Crippen LogP contribution in [0.25, 0.3) is 10.9 Å². The molecule has 2 heterocycles. The van der Waals surface area contributed by atoms with Crippen LogP contribution in [0.2, 0.25) is 5.02 Å². The average molecular weight is 513 g/mol. The molecule has 0 aliphatic carbocycles. The largest absolute Gasteiger partial charge is 0.506 e. The maximum absolute atomic E-state index is 12.3. The number of nitrogens with one attached hydrogen (secondary N) is 3. The zero-order chi connectivity index (χ0) is 25.7. The van der Waals surface area contributed by atoms with Crippen molar-refractivity contribution in [2.45, 2.75) is 44.9 Å². The van der Waals surface area contributed by atoms with Crippen LogP contribution in [0.3, 0.4) is 0 Å². The molecule has 2 aromatic carbocycles. The number of aromatic nitrogens is 1. The number of hydrogen-bond donors (Lipinski definition) is 5. The van der Waals surface area contributed by atoms with Crippen LogP contribution in [0, 0.1) is 6.92 Å². The lowest BCUT2D eigenvalue weighted by molar-refractivity contribution is -0.121. The third-order valence-electron chi connectivity index (χ3n) is 6.90. The van der Waals surface area contributed by atoms with Crippen LogP contribution < -0.4 is 16.2 Å². The maximum Gasteiger partial charge on any atom is 0.248 e. The van der Waals surface area contributed by atoms with Crippen molar-refractivity contribution in [3.63, 3.8) is 0 Å². The van der Waals surface area contributed by atoms with Crippen LogP contribution in [0.15, 0.2) is 47.3 Å². The predicted octanol–water partition coefficient (Wildman–Crippen LogP) is 2.99. The number of phenolic OH excluding ortho intramolecular Hbond substituents is 1. The lowest BCUT2D eigenvalue weighted by Crippen LogP contribution is -2.44. The van der Waals surface area contributed by atoms with Gasteiger partial charge in [0.2, 0.25) is 11.5 Å². The number of aliphatic hydroxyl groups excluding tert-OH is 1. The number of fused-ring (bicyclic) bond motifs is 1. The summed E-state index contributed by atoms with van der Waals surface area (Å²) >= 11 is 6.05. The van der Waals surface area contributed by atoms with Gasteiger partial charge in [-0.25, -0.2) is 0 Å². The standard InChI is InChI=1S/C27H33ClN4O4/c1-17-2-3-19(28)14-18(17)15-30-25(35)10-13-32-11-8-20(9-12-32)29-16-24(34)21-4-6-23(33)27-22(21)5-7-26(36)31-27/h2-7,14,20,24,29,33-34H,8-13,15-16H2,1H3,(H,30,35)(H,31,36)/t24-/m0/s1. The van der Waals surface area contributed by atoms with E-state index in [0.29, 0.717) is 47.5 Å². The first-order valence-corrected chi connectivity index (χ1v) is 12.7. The Morgan fingerprint density at radius 1 is 1.19 bits per heavy atom. The van der Waals surface area contributed by atoms with E-state index in [9.17, 15) is 19.8 Å². The van der Waals surface area contributed by atoms with Crippen LogP contribution in [-0.4, -0.2) is 58.2 Å². The van der Waals surface area contributed by atoms with Crippen LogP contribution in [-0.2, 0) is 11.3 Å². The minimum Gasteiger partial charge on any atom is -0.506 e. The molecule has 192 valence electrons. The second-order valence-corrected chi connectivity index (χ2v) is 9.86. The first-order valence-electron chi connectivity index (χ1n) is 12.3. The van der Waals surface area contributed by atoms with Gasteiger partial charge in [-0.2, -0.15) is 0 Å². The summed E-state index contributed by atoms with van der Waals surface area (Å²) in [7, 11) is 0. The topological polar surface area (TPSA) is 118 Å². The van der Waals surface area contributed by atoms with Gasteiger partial charge in [0.25, 0.3) is 0 Å². The van der Waals surface area contributed by atoms with E-state index in [1.54, 1.807) is 12.1 Å². The molecule has 4 rings (SSSR count). The van der Waals surface area contributed by atoms with Crippen molar-refractivity contribution < 1.29 is 15.0 Å². The number of aromatic hydroxyl groups is 1. The molecular weight excluding hydrogens is 480 g/mol. The number of aliphatic hydroxyl groups is 1. The van der Waals surface area contributed by atoms with Gasteiger partial charge < -0.3 is 30.7 Å². The van der Waals surface area contributed by atoms with Gasteiger partial charge in [0.15, 0.2) is 0 Å². The minimum atomic E-state index is -0.774. The molecule has 36 heavy (non-hydrogen) atoms. The predicted molar refractivity (Wildman–Crippen MR) is 141 cm³/mol. The first-order chi connectivity index (χ1) is 17.3. The molecule has 1 aliphatic heterocycles. The van der Waals surface area contributed by atoms with Gasteiger partial charge in [0.1, 0.15) is 5.75 Å². The van der Waals surface area contributed by atoms with E-state index in [2.05, 4.69) is 20.5 Å². The number of benzene rings is 2. The maximum atomic E-state index is 12.3. The summed E-state index contributed by atoms with van der Waals surface area (Å²) in [4.78, 5) is 28.8. The molecule has 0 unspecified atom stereocenters. The molecule has 1 aromatic heterocycles. The zero-order valence-corrected chi connectivity index (χ0v) is 21.1. The second kappa shape index (κ2) is 11.9. The number of carbonyl (C=O) groups is 1. The molecule has 5 N–H and O–H groups in total. The third-order valence-corrected chi connectivity index (χ3v) is 7.13. The lowest BCUT2D eigenvalue weighted by Gasteiger charge is -2.32. The molecule has 9 heteroatoms. The van der Waals surface area contributed by atoms with Crippen molar-refractivity contribution in [2.75, 3.05) is 26.2 Å². The SMILES string of the molecule is Cc1ccc(Cl)cc1CNC(=O)CCN1CCC(NC[C@H](O)c2ccc(O)c3[nH]c(=O)ccc23)CC1. The molecule has 1 aliphatic rings. The van der Waals surface area contributed by atoms with Crippen molar-refractivity contribution in [3.8, 4) is 5.75 Å². The summed E-state index contributed by atoms with van der Waals surface area (Å²) < 4.78 is 0. The van der Waals surface area contributed by atoms with Crippen molar-refractivity contribution >= 4 is 28.4 Å². The van der Waals surface area contributed by atoms with Crippen molar-refractivity contribution in [1.82, 2.24) is 20.5 Å². The van der Waals surface area contributed by atoms with E-state index < -0.39 is 6.10 Å². The number of aromatic amines is 1. The summed E-state index contributed by atoms with van der Waals surface area (Å²) in [6.45, 7) is 5.34. The highest BCUT2D eigenvalue weighted by molar-refractivity contribution is 6.30. The number of likely N-dealkylation sites (tertiary alicyclic amines) is 1. The molecule has 3 aromatic rings. The van der Waals surface area contributed by atoms with Gasteiger partial charge in [-0.05, 0) is 73.8 Å². The summed E-state index contributed by atoms with van der Waals surface area (Å²) in [6, 6.07) is 12.1. The summed E-state index contributed by atoms with van der Waals surface area (Å²) in [5, 5.41) is 28.5. The normalized spacial score (nSPS) is 15.8. The fourth-order valence-corrected chi connectivity index (χ4v) is 4.87. The Labute approximate surface area is 215 Å². The molecule has 0 bridgehead atoms. The fourth-order valence-electron chi connectivity index (χ4n) is 4.67. The Morgan fingerprint density at radius 2 is 1.97 bits per heavy atom. The minimum absolute atomic E-state index is 0.0211. The summed E-state index contributed by atoms with van der Waals surface area (Å²) in [5.74, 6) is 0.00690.